The summed E-state index contributed by atoms with van der Waals surface area (Å²) in [6.45, 7) is 2.16. The van der Waals surface area contributed by atoms with Crippen LogP contribution in [0.4, 0.5) is 11.4 Å². The standard InChI is InChI=1S/C19H20N2O3S/c22-18(23)13-25-17-9-5-15(6-10-17)20-19(24)14-3-7-16(8-4-14)21-11-1-2-12-21/h3-10H,1-2,11-13H2,(H,20,24)(H,22,23). The minimum Gasteiger partial charge on any atom is -0.481 e. The molecule has 1 saturated heterocycles. The second kappa shape index (κ2) is 8.07. The van der Waals surface area contributed by atoms with Crippen molar-refractivity contribution in [3.8, 4) is 0 Å². The predicted molar refractivity (Wildman–Crippen MR) is 101 cm³/mol. The Kier molecular flexibility index (Phi) is 5.60. The molecule has 0 aliphatic carbocycles. The van der Waals surface area contributed by atoms with E-state index in [-0.39, 0.29) is 11.7 Å². The van der Waals surface area contributed by atoms with E-state index < -0.39 is 5.97 Å². The summed E-state index contributed by atoms with van der Waals surface area (Å²) in [6, 6.07) is 14.8. The lowest BCUT2D eigenvalue weighted by molar-refractivity contribution is -0.133. The molecule has 1 aliphatic rings. The molecule has 6 heteroatoms. The van der Waals surface area contributed by atoms with Gasteiger partial charge in [-0.15, -0.1) is 11.8 Å². The highest BCUT2D eigenvalue weighted by Gasteiger charge is 2.13. The molecule has 0 radical (unpaired) electrons. The molecule has 130 valence electrons. The van der Waals surface area contributed by atoms with Crippen molar-refractivity contribution in [3.63, 3.8) is 0 Å². The molecule has 2 N–H and O–H groups in total. The molecular weight excluding hydrogens is 336 g/mol. The monoisotopic (exact) mass is 356 g/mol. The SMILES string of the molecule is O=C(O)CSc1ccc(NC(=O)c2ccc(N3CCCC3)cc2)cc1. The van der Waals surface area contributed by atoms with E-state index in [1.807, 2.05) is 24.3 Å². The number of carboxylic acid groups (broad SMARTS) is 1. The van der Waals surface area contributed by atoms with Crippen molar-refractivity contribution in [2.24, 2.45) is 0 Å². The van der Waals surface area contributed by atoms with E-state index in [2.05, 4.69) is 10.2 Å². The molecule has 3 rings (SSSR count). The number of benzene rings is 2. The lowest BCUT2D eigenvalue weighted by atomic mass is 10.2. The van der Waals surface area contributed by atoms with Crippen LogP contribution in [0.25, 0.3) is 0 Å². The van der Waals surface area contributed by atoms with Crippen molar-refractivity contribution in [3.05, 3.63) is 54.1 Å². The van der Waals surface area contributed by atoms with Crippen LogP contribution < -0.4 is 10.2 Å². The summed E-state index contributed by atoms with van der Waals surface area (Å²) in [7, 11) is 0. The third-order valence-corrected chi connectivity index (χ3v) is 5.07. The van der Waals surface area contributed by atoms with E-state index >= 15 is 0 Å². The minimum absolute atomic E-state index is 0.0229. The summed E-state index contributed by atoms with van der Waals surface area (Å²) in [5, 5.41) is 11.5. The summed E-state index contributed by atoms with van der Waals surface area (Å²) in [4.78, 5) is 26.1. The van der Waals surface area contributed by atoms with Gasteiger partial charge in [0.05, 0.1) is 5.75 Å². The fourth-order valence-electron chi connectivity index (χ4n) is 2.78. The van der Waals surface area contributed by atoms with Gasteiger partial charge in [-0.2, -0.15) is 0 Å². The number of hydrogen-bond donors (Lipinski definition) is 2. The van der Waals surface area contributed by atoms with Gasteiger partial charge in [0.2, 0.25) is 0 Å². The van der Waals surface area contributed by atoms with E-state index in [1.54, 1.807) is 24.3 Å². The van der Waals surface area contributed by atoms with Crippen molar-refractivity contribution in [2.45, 2.75) is 17.7 Å². The van der Waals surface area contributed by atoms with Crippen molar-refractivity contribution in [2.75, 3.05) is 29.1 Å². The number of anilines is 2. The molecule has 1 heterocycles. The highest BCUT2D eigenvalue weighted by Crippen LogP contribution is 2.22. The summed E-state index contributed by atoms with van der Waals surface area (Å²) in [5.74, 6) is -0.978. The van der Waals surface area contributed by atoms with Crippen LogP contribution in [0.2, 0.25) is 0 Å². The summed E-state index contributed by atoms with van der Waals surface area (Å²) in [5.41, 5.74) is 2.47. The lowest BCUT2D eigenvalue weighted by Gasteiger charge is -2.17. The van der Waals surface area contributed by atoms with Crippen LogP contribution >= 0.6 is 11.8 Å². The number of nitrogens with one attached hydrogen (secondary N) is 1. The van der Waals surface area contributed by atoms with E-state index in [0.29, 0.717) is 11.3 Å². The normalized spacial score (nSPS) is 13.7. The maximum Gasteiger partial charge on any atom is 0.313 e. The Bertz CT molecular complexity index is 738. The lowest BCUT2D eigenvalue weighted by Crippen LogP contribution is -2.18. The van der Waals surface area contributed by atoms with E-state index in [4.69, 9.17) is 5.11 Å². The first-order chi connectivity index (χ1) is 12.1. The Labute approximate surface area is 151 Å². The zero-order chi connectivity index (χ0) is 17.6. The minimum atomic E-state index is -0.847. The van der Waals surface area contributed by atoms with Gasteiger partial charge in [-0.25, -0.2) is 0 Å². The quantitative estimate of drug-likeness (QED) is 0.772. The van der Waals surface area contributed by atoms with Crippen LogP contribution in [0.3, 0.4) is 0 Å². The van der Waals surface area contributed by atoms with Crippen molar-refractivity contribution < 1.29 is 14.7 Å². The Morgan fingerprint density at radius 2 is 1.64 bits per heavy atom. The van der Waals surface area contributed by atoms with Crippen LogP contribution in [0.1, 0.15) is 23.2 Å². The van der Waals surface area contributed by atoms with Crippen LogP contribution in [0.5, 0.6) is 0 Å². The number of aliphatic carboxylic acids is 1. The van der Waals surface area contributed by atoms with Crippen LogP contribution in [0, 0.1) is 0 Å². The number of carboxylic acids is 1. The highest BCUT2D eigenvalue weighted by molar-refractivity contribution is 8.00. The third-order valence-electron chi connectivity index (χ3n) is 4.08. The van der Waals surface area contributed by atoms with Gasteiger partial charge >= 0.3 is 5.97 Å². The van der Waals surface area contributed by atoms with E-state index in [0.717, 1.165) is 23.7 Å². The second-order valence-corrected chi connectivity index (χ2v) is 6.95. The topological polar surface area (TPSA) is 69.6 Å². The molecule has 0 spiro atoms. The summed E-state index contributed by atoms with van der Waals surface area (Å²) in [6.07, 6.45) is 2.45. The molecule has 0 saturated carbocycles. The van der Waals surface area contributed by atoms with Crippen LogP contribution in [-0.2, 0) is 4.79 Å². The fourth-order valence-corrected chi connectivity index (χ4v) is 3.40. The van der Waals surface area contributed by atoms with Gasteiger partial charge in [-0.1, -0.05) is 0 Å². The second-order valence-electron chi connectivity index (χ2n) is 5.90. The number of carbonyl (C=O) groups is 2. The van der Waals surface area contributed by atoms with Gasteiger partial charge in [-0.3, -0.25) is 9.59 Å². The average Bonchev–Trinajstić information content (AvgIpc) is 3.16. The number of carbonyl (C=O) groups excluding carboxylic acids is 1. The average molecular weight is 356 g/mol. The molecule has 2 aromatic carbocycles. The highest BCUT2D eigenvalue weighted by atomic mass is 32.2. The Morgan fingerprint density at radius 3 is 2.24 bits per heavy atom. The number of nitrogens with zero attached hydrogens (tertiary/aromatic N) is 1. The van der Waals surface area contributed by atoms with E-state index in [9.17, 15) is 9.59 Å². The molecule has 0 bridgehead atoms. The van der Waals surface area contributed by atoms with Gasteiger partial charge in [0.15, 0.2) is 0 Å². The number of thioether (sulfide) groups is 1. The van der Waals surface area contributed by atoms with Gasteiger partial charge in [-0.05, 0) is 61.4 Å². The molecule has 1 aliphatic heterocycles. The van der Waals surface area contributed by atoms with Gasteiger partial charge in [0, 0.05) is 34.9 Å². The zero-order valence-corrected chi connectivity index (χ0v) is 14.6. The molecule has 25 heavy (non-hydrogen) atoms. The number of hydrogen-bond acceptors (Lipinski definition) is 4. The van der Waals surface area contributed by atoms with Gasteiger partial charge in [0.25, 0.3) is 5.91 Å². The van der Waals surface area contributed by atoms with Crippen molar-refractivity contribution in [1.29, 1.82) is 0 Å². The Morgan fingerprint density at radius 1 is 1.00 bits per heavy atom. The van der Waals surface area contributed by atoms with Gasteiger partial charge in [0.1, 0.15) is 0 Å². The molecule has 0 unspecified atom stereocenters. The fraction of sp³-hybridized carbons (Fsp3) is 0.263. The Balaban J connectivity index is 1.58. The van der Waals surface area contributed by atoms with E-state index in [1.165, 1.54) is 24.6 Å². The van der Waals surface area contributed by atoms with Crippen LogP contribution in [-0.4, -0.2) is 35.8 Å². The molecule has 1 amide bonds. The molecule has 5 nitrogen and oxygen atoms in total. The first-order valence-electron chi connectivity index (χ1n) is 8.23. The zero-order valence-electron chi connectivity index (χ0n) is 13.8. The molecule has 2 aromatic rings. The number of rotatable bonds is 6. The van der Waals surface area contributed by atoms with Crippen molar-refractivity contribution in [1.82, 2.24) is 0 Å². The van der Waals surface area contributed by atoms with Crippen molar-refractivity contribution >= 4 is 35.0 Å². The third kappa shape index (κ3) is 4.76. The van der Waals surface area contributed by atoms with Gasteiger partial charge < -0.3 is 15.3 Å². The maximum absolute atomic E-state index is 12.3. The molecule has 1 fully saturated rings. The largest absolute Gasteiger partial charge is 0.481 e. The molecule has 0 atom stereocenters. The smallest absolute Gasteiger partial charge is 0.313 e. The maximum atomic E-state index is 12.3. The predicted octanol–water partition coefficient (Wildman–Crippen LogP) is 3.72. The van der Waals surface area contributed by atoms with Crippen LogP contribution in [0.15, 0.2) is 53.4 Å². The number of amides is 1. The molecular formula is C19H20N2O3S. The first kappa shape index (κ1) is 17.4. The summed E-state index contributed by atoms with van der Waals surface area (Å²) < 4.78 is 0. The first-order valence-corrected chi connectivity index (χ1v) is 9.21. The Hall–Kier alpha value is -2.47. The summed E-state index contributed by atoms with van der Waals surface area (Å²) >= 11 is 1.25. The molecule has 0 aromatic heterocycles.